The summed E-state index contributed by atoms with van der Waals surface area (Å²) < 4.78 is 15.0. The molecule has 0 aliphatic rings. The summed E-state index contributed by atoms with van der Waals surface area (Å²) in [7, 11) is 0. The van der Waals surface area contributed by atoms with Gasteiger partial charge in [0, 0.05) is 6.54 Å². The maximum Gasteiger partial charge on any atom is 0.125 e. The Morgan fingerprint density at radius 3 is 2.88 bits per heavy atom. The maximum absolute atomic E-state index is 13.3. The number of aromatic nitrogens is 3. The zero-order chi connectivity index (χ0) is 12.3. The number of halogens is 1. The topological polar surface area (TPSA) is 42.7 Å². The Balaban J connectivity index is 2.35. The third-order valence-electron chi connectivity index (χ3n) is 2.45. The Kier molecular flexibility index (Phi) is 3.49. The van der Waals surface area contributed by atoms with Gasteiger partial charge in [0.2, 0.25) is 0 Å². The molecule has 0 radical (unpaired) electrons. The molecule has 0 saturated carbocycles. The van der Waals surface area contributed by atoms with Crippen LogP contribution in [-0.2, 0) is 6.54 Å². The predicted molar refractivity (Wildman–Crippen MR) is 63.4 cm³/mol. The van der Waals surface area contributed by atoms with Crippen molar-refractivity contribution in [3.8, 4) is 5.69 Å². The molecule has 0 aliphatic carbocycles. The lowest BCUT2D eigenvalue weighted by Crippen LogP contribution is -2.15. The fourth-order valence-electron chi connectivity index (χ4n) is 1.69. The summed E-state index contributed by atoms with van der Waals surface area (Å²) in [6, 6.07) is 4.83. The molecule has 1 N–H and O–H groups in total. The average molecular weight is 234 g/mol. The quantitative estimate of drug-likeness (QED) is 0.877. The molecule has 0 fully saturated rings. The number of hydrogen-bond donors (Lipinski definition) is 1. The lowest BCUT2D eigenvalue weighted by molar-refractivity contribution is 0.620. The zero-order valence-electron chi connectivity index (χ0n) is 9.94. The van der Waals surface area contributed by atoms with E-state index in [1.54, 1.807) is 10.9 Å². The Bertz CT molecular complexity index is 487. The number of benzene rings is 1. The molecule has 0 atom stereocenters. The molecule has 1 aromatic carbocycles. The van der Waals surface area contributed by atoms with Gasteiger partial charge >= 0.3 is 0 Å². The highest BCUT2D eigenvalue weighted by Gasteiger charge is 2.07. The van der Waals surface area contributed by atoms with E-state index in [0.29, 0.717) is 12.2 Å². The van der Waals surface area contributed by atoms with E-state index in [-0.39, 0.29) is 5.82 Å². The van der Waals surface area contributed by atoms with Gasteiger partial charge in [-0.1, -0.05) is 12.1 Å². The Labute approximate surface area is 99.5 Å². The zero-order valence-corrected chi connectivity index (χ0v) is 9.94. The van der Waals surface area contributed by atoms with Crippen molar-refractivity contribution in [2.45, 2.75) is 20.4 Å². The predicted octanol–water partition coefficient (Wildman–Crippen LogP) is 1.82. The summed E-state index contributed by atoms with van der Waals surface area (Å²) >= 11 is 0. The van der Waals surface area contributed by atoms with Gasteiger partial charge < -0.3 is 5.32 Å². The first-order valence-electron chi connectivity index (χ1n) is 5.58. The lowest BCUT2D eigenvalue weighted by atomic mass is 10.2. The highest BCUT2D eigenvalue weighted by molar-refractivity contribution is 5.36. The van der Waals surface area contributed by atoms with E-state index in [4.69, 9.17) is 0 Å². The molecular weight excluding hydrogens is 219 g/mol. The van der Waals surface area contributed by atoms with Crippen molar-refractivity contribution in [2.24, 2.45) is 0 Å². The van der Waals surface area contributed by atoms with E-state index in [9.17, 15) is 4.39 Å². The second-order valence-corrected chi connectivity index (χ2v) is 3.90. The summed E-state index contributed by atoms with van der Waals surface area (Å²) in [5, 5.41) is 11.0. The molecule has 90 valence electrons. The van der Waals surface area contributed by atoms with Gasteiger partial charge in [0.05, 0.1) is 17.6 Å². The van der Waals surface area contributed by atoms with E-state index in [0.717, 1.165) is 17.8 Å². The van der Waals surface area contributed by atoms with Gasteiger partial charge in [-0.15, -0.1) is 5.10 Å². The number of hydrogen-bond acceptors (Lipinski definition) is 3. The number of nitrogens with one attached hydrogen (secondary N) is 1. The minimum absolute atomic E-state index is 0.259. The van der Waals surface area contributed by atoms with Crippen LogP contribution in [0.4, 0.5) is 4.39 Å². The van der Waals surface area contributed by atoms with Crippen LogP contribution >= 0.6 is 0 Å². The van der Waals surface area contributed by atoms with Crippen molar-refractivity contribution in [1.29, 1.82) is 0 Å². The minimum Gasteiger partial charge on any atom is -0.311 e. The number of nitrogens with zero attached hydrogens (tertiary/aromatic N) is 3. The summed E-state index contributed by atoms with van der Waals surface area (Å²) in [6.07, 6.45) is 1.68. The van der Waals surface area contributed by atoms with Crippen LogP contribution in [0.1, 0.15) is 18.2 Å². The van der Waals surface area contributed by atoms with Gasteiger partial charge in [-0.25, -0.2) is 9.07 Å². The van der Waals surface area contributed by atoms with E-state index in [2.05, 4.69) is 15.6 Å². The maximum atomic E-state index is 13.3. The van der Waals surface area contributed by atoms with Crippen LogP contribution in [0.25, 0.3) is 5.69 Å². The van der Waals surface area contributed by atoms with Crippen LogP contribution in [0, 0.1) is 12.7 Å². The number of rotatable bonds is 4. The summed E-state index contributed by atoms with van der Waals surface area (Å²) in [4.78, 5) is 0. The molecule has 17 heavy (non-hydrogen) atoms. The molecule has 5 heteroatoms. The van der Waals surface area contributed by atoms with Crippen LogP contribution in [0.2, 0.25) is 0 Å². The smallest absolute Gasteiger partial charge is 0.125 e. The minimum atomic E-state index is -0.259. The van der Waals surface area contributed by atoms with Crippen molar-refractivity contribution in [2.75, 3.05) is 6.54 Å². The highest BCUT2D eigenvalue weighted by atomic mass is 19.1. The molecule has 0 saturated heterocycles. The van der Waals surface area contributed by atoms with Gasteiger partial charge in [-0.05, 0) is 37.2 Å². The molecular formula is C12H15FN4. The molecule has 2 aromatic rings. The van der Waals surface area contributed by atoms with Crippen LogP contribution in [0.3, 0.4) is 0 Å². The Hall–Kier alpha value is -1.75. The van der Waals surface area contributed by atoms with Gasteiger partial charge in [0.15, 0.2) is 0 Å². The first-order chi connectivity index (χ1) is 8.20. The molecule has 0 unspecified atom stereocenters. The monoisotopic (exact) mass is 234 g/mol. The first-order valence-corrected chi connectivity index (χ1v) is 5.58. The van der Waals surface area contributed by atoms with Crippen molar-refractivity contribution in [1.82, 2.24) is 20.3 Å². The molecule has 0 spiro atoms. The molecule has 0 aliphatic heterocycles. The molecule has 1 heterocycles. The molecule has 2 rings (SSSR count). The standard InChI is InChI=1S/C12H15FN4/c1-3-14-7-12-8-15-16-17(12)11-5-9(2)4-10(13)6-11/h4-6,8,14H,3,7H2,1-2H3. The third-order valence-corrected chi connectivity index (χ3v) is 2.45. The summed E-state index contributed by atoms with van der Waals surface area (Å²) in [6.45, 7) is 5.42. The van der Waals surface area contributed by atoms with Crippen LogP contribution in [-0.4, -0.2) is 21.5 Å². The molecule has 0 amide bonds. The third kappa shape index (κ3) is 2.68. The van der Waals surface area contributed by atoms with Crippen molar-refractivity contribution < 1.29 is 4.39 Å². The number of aryl methyl sites for hydroxylation is 1. The van der Waals surface area contributed by atoms with Gasteiger partial charge in [0.25, 0.3) is 0 Å². The molecule has 1 aromatic heterocycles. The van der Waals surface area contributed by atoms with Crippen LogP contribution in [0.15, 0.2) is 24.4 Å². The normalized spacial score (nSPS) is 10.8. The fourth-order valence-corrected chi connectivity index (χ4v) is 1.69. The van der Waals surface area contributed by atoms with Gasteiger partial charge in [-0.2, -0.15) is 0 Å². The van der Waals surface area contributed by atoms with Crippen molar-refractivity contribution in [3.63, 3.8) is 0 Å². The Morgan fingerprint density at radius 2 is 2.18 bits per heavy atom. The average Bonchev–Trinajstić information content (AvgIpc) is 2.73. The van der Waals surface area contributed by atoms with Crippen LogP contribution in [0.5, 0.6) is 0 Å². The second-order valence-electron chi connectivity index (χ2n) is 3.90. The van der Waals surface area contributed by atoms with E-state index < -0.39 is 0 Å². The van der Waals surface area contributed by atoms with Gasteiger partial charge in [0.1, 0.15) is 5.82 Å². The van der Waals surface area contributed by atoms with Gasteiger partial charge in [-0.3, -0.25) is 0 Å². The van der Waals surface area contributed by atoms with E-state index in [1.807, 2.05) is 19.9 Å². The summed E-state index contributed by atoms with van der Waals surface area (Å²) in [5.74, 6) is -0.259. The molecule has 0 bridgehead atoms. The van der Waals surface area contributed by atoms with Crippen molar-refractivity contribution in [3.05, 3.63) is 41.5 Å². The summed E-state index contributed by atoms with van der Waals surface area (Å²) in [5.41, 5.74) is 2.48. The van der Waals surface area contributed by atoms with E-state index in [1.165, 1.54) is 12.1 Å². The van der Waals surface area contributed by atoms with Crippen LogP contribution < -0.4 is 5.32 Å². The Morgan fingerprint density at radius 1 is 1.35 bits per heavy atom. The van der Waals surface area contributed by atoms with E-state index >= 15 is 0 Å². The largest absolute Gasteiger partial charge is 0.311 e. The SMILES string of the molecule is CCNCc1cnnn1-c1cc(C)cc(F)c1. The lowest BCUT2D eigenvalue weighted by Gasteiger charge is -2.07. The van der Waals surface area contributed by atoms with Crippen molar-refractivity contribution >= 4 is 0 Å². The molecule has 4 nitrogen and oxygen atoms in total. The second kappa shape index (κ2) is 5.05. The first kappa shape index (κ1) is 11.7. The fraction of sp³-hybridized carbons (Fsp3) is 0.333. The highest BCUT2D eigenvalue weighted by Crippen LogP contribution is 2.13.